The molecule has 0 fully saturated rings. The molecule has 4 aromatic rings. The Kier molecular flexibility index (Phi) is 7.59. The smallest absolute Gasteiger partial charge is 0.337 e. The number of anilines is 4. The van der Waals surface area contributed by atoms with Gasteiger partial charge < -0.3 is 20.8 Å². The van der Waals surface area contributed by atoms with Gasteiger partial charge >= 0.3 is 11.9 Å². The normalized spacial score (nSPS) is 9.75. The first kappa shape index (κ1) is 22.1. The van der Waals surface area contributed by atoms with Gasteiger partial charge in [-0.3, -0.25) is 0 Å². The first-order valence-corrected chi connectivity index (χ1v) is 9.83. The second kappa shape index (κ2) is 11.0. The molecule has 4 N–H and O–H groups in total. The van der Waals surface area contributed by atoms with Crippen LogP contribution in [0, 0.1) is 0 Å². The maximum absolute atomic E-state index is 11.0. The van der Waals surface area contributed by atoms with Crippen LogP contribution in [-0.4, -0.2) is 22.2 Å². The summed E-state index contributed by atoms with van der Waals surface area (Å²) in [7, 11) is 0. The van der Waals surface area contributed by atoms with Gasteiger partial charge in [-0.15, -0.1) is 0 Å². The van der Waals surface area contributed by atoms with Crippen LogP contribution in [0.15, 0.2) is 109 Å². The number of carbonyl (C=O) groups is 2. The quantitative estimate of drug-likeness (QED) is 0.291. The minimum absolute atomic E-state index is 0.270. The standard InChI is InChI=1S/2C13H11NO2/c2*15-13(16)11-8-4-5-9-12(11)14-10-6-2-1-3-7-10/h2*1-9,14H,(H,15,16). The Labute approximate surface area is 185 Å². The van der Waals surface area contributed by atoms with Crippen molar-refractivity contribution < 1.29 is 19.8 Å². The molecular weight excluding hydrogens is 404 g/mol. The molecular formula is C26H22N2O4. The van der Waals surface area contributed by atoms with Crippen LogP contribution in [-0.2, 0) is 0 Å². The van der Waals surface area contributed by atoms with Crippen molar-refractivity contribution in [3.8, 4) is 0 Å². The molecule has 0 heterocycles. The van der Waals surface area contributed by atoms with Gasteiger partial charge in [0, 0.05) is 11.4 Å². The lowest BCUT2D eigenvalue weighted by atomic mass is 10.1. The number of rotatable bonds is 6. The van der Waals surface area contributed by atoms with E-state index in [-0.39, 0.29) is 11.1 Å². The molecule has 0 bridgehead atoms. The molecule has 0 spiro atoms. The second-order valence-corrected chi connectivity index (χ2v) is 6.68. The third kappa shape index (κ3) is 6.21. The highest BCUT2D eigenvalue weighted by atomic mass is 16.4. The summed E-state index contributed by atoms with van der Waals surface area (Å²) in [6.45, 7) is 0. The molecule has 32 heavy (non-hydrogen) atoms. The number of para-hydroxylation sites is 4. The maximum atomic E-state index is 11.0. The predicted octanol–water partition coefficient (Wildman–Crippen LogP) is 6.26. The van der Waals surface area contributed by atoms with Crippen molar-refractivity contribution in [1.29, 1.82) is 0 Å². The van der Waals surface area contributed by atoms with E-state index in [1.807, 2.05) is 60.7 Å². The number of aromatic carboxylic acids is 2. The van der Waals surface area contributed by atoms with Crippen molar-refractivity contribution in [2.24, 2.45) is 0 Å². The summed E-state index contributed by atoms with van der Waals surface area (Å²) in [4.78, 5) is 21.9. The molecule has 0 saturated heterocycles. The van der Waals surface area contributed by atoms with E-state index in [4.69, 9.17) is 10.2 Å². The number of benzene rings is 4. The summed E-state index contributed by atoms with van der Waals surface area (Å²) >= 11 is 0. The van der Waals surface area contributed by atoms with E-state index in [0.29, 0.717) is 11.4 Å². The lowest BCUT2D eigenvalue weighted by Crippen LogP contribution is -2.01. The fraction of sp³-hybridized carbons (Fsp3) is 0. The van der Waals surface area contributed by atoms with Gasteiger partial charge in [0.05, 0.1) is 22.5 Å². The fourth-order valence-electron chi connectivity index (χ4n) is 2.91. The average Bonchev–Trinajstić information content (AvgIpc) is 2.81. The van der Waals surface area contributed by atoms with Gasteiger partial charge in [-0.2, -0.15) is 0 Å². The summed E-state index contributed by atoms with van der Waals surface area (Å²) in [5.74, 6) is -1.86. The Morgan fingerprint density at radius 2 is 0.781 bits per heavy atom. The molecule has 0 unspecified atom stereocenters. The van der Waals surface area contributed by atoms with E-state index in [9.17, 15) is 9.59 Å². The second-order valence-electron chi connectivity index (χ2n) is 6.68. The van der Waals surface area contributed by atoms with Crippen molar-refractivity contribution >= 4 is 34.7 Å². The minimum atomic E-state index is -0.931. The number of carboxylic acid groups (broad SMARTS) is 2. The van der Waals surface area contributed by atoms with E-state index in [2.05, 4.69) is 10.6 Å². The van der Waals surface area contributed by atoms with Gasteiger partial charge in [0.25, 0.3) is 0 Å². The monoisotopic (exact) mass is 426 g/mol. The minimum Gasteiger partial charge on any atom is -0.478 e. The molecule has 160 valence electrons. The lowest BCUT2D eigenvalue weighted by molar-refractivity contribution is 0.0687. The van der Waals surface area contributed by atoms with Crippen LogP contribution < -0.4 is 10.6 Å². The van der Waals surface area contributed by atoms with Crippen LogP contribution in [0.5, 0.6) is 0 Å². The zero-order valence-electron chi connectivity index (χ0n) is 17.1. The third-order valence-electron chi connectivity index (χ3n) is 4.42. The molecule has 4 rings (SSSR count). The number of hydrogen-bond donors (Lipinski definition) is 4. The Morgan fingerprint density at radius 1 is 0.469 bits per heavy atom. The van der Waals surface area contributed by atoms with Crippen LogP contribution in [0.2, 0.25) is 0 Å². The van der Waals surface area contributed by atoms with Crippen LogP contribution in [0.4, 0.5) is 22.7 Å². The molecule has 0 aliphatic heterocycles. The zero-order valence-corrected chi connectivity index (χ0v) is 17.1. The van der Waals surface area contributed by atoms with Crippen molar-refractivity contribution in [2.75, 3.05) is 10.6 Å². The van der Waals surface area contributed by atoms with Crippen molar-refractivity contribution in [3.63, 3.8) is 0 Å². The summed E-state index contributed by atoms with van der Waals surface area (Å²) in [6.07, 6.45) is 0. The van der Waals surface area contributed by atoms with E-state index in [0.717, 1.165) is 11.4 Å². The molecule has 0 radical (unpaired) electrons. The molecule has 0 aromatic heterocycles. The van der Waals surface area contributed by atoms with E-state index in [1.54, 1.807) is 48.5 Å². The SMILES string of the molecule is O=C(O)c1ccccc1Nc1ccccc1.O=C(O)c1ccccc1Nc1ccccc1. The average molecular weight is 426 g/mol. The fourth-order valence-corrected chi connectivity index (χ4v) is 2.91. The summed E-state index contributed by atoms with van der Waals surface area (Å²) in [5, 5.41) is 24.2. The van der Waals surface area contributed by atoms with Crippen LogP contribution in [0.3, 0.4) is 0 Å². The van der Waals surface area contributed by atoms with Crippen molar-refractivity contribution in [1.82, 2.24) is 0 Å². The number of hydrogen-bond acceptors (Lipinski definition) is 4. The highest BCUT2D eigenvalue weighted by Crippen LogP contribution is 2.21. The summed E-state index contributed by atoms with van der Waals surface area (Å²) in [6, 6.07) is 32.6. The Balaban J connectivity index is 0.000000181. The van der Waals surface area contributed by atoms with Crippen LogP contribution in [0.25, 0.3) is 0 Å². The first-order valence-electron chi connectivity index (χ1n) is 9.83. The van der Waals surface area contributed by atoms with Gasteiger partial charge in [-0.1, -0.05) is 60.7 Å². The van der Waals surface area contributed by atoms with Crippen molar-refractivity contribution in [3.05, 3.63) is 120 Å². The zero-order chi connectivity index (χ0) is 22.8. The molecule has 0 aliphatic rings. The summed E-state index contributed by atoms with van der Waals surface area (Å²) < 4.78 is 0. The number of carboxylic acids is 2. The largest absolute Gasteiger partial charge is 0.478 e. The Hall–Kier alpha value is -4.58. The maximum Gasteiger partial charge on any atom is 0.337 e. The molecule has 0 saturated carbocycles. The summed E-state index contributed by atoms with van der Waals surface area (Å²) in [5.41, 5.74) is 3.48. The van der Waals surface area contributed by atoms with Crippen molar-refractivity contribution in [2.45, 2.75) is 0 Å². The molecule has 4 aromatic carbocycles. The highest BCUT2D eigenvalue weighted by Gasteiger charge is 2.09. The topological polar surface area (TPSA) is 98.7 Å². The molecule has 0 aliphatic carbocycles. The highest BCUT2D eigenvalue weighted by molar-refractivity contribution is 5.95. The van der Waals surface area contributed by atoms with Crippen LogP contribution >= 0.6 is 0 Å². The van der Waals surface area contributed by atoms with Crippen LogP contribution in [0.1, 0.15) is 20.7 Å². The lowest BCUT2D eigenvalue weighted by Gasteiger charge is -2.08. The van der Waals surface area contributed by atoms with Gasteiger partial charge in [0.2, 0.25) is 0 Å². The van der Waals surface area contributed by atoms with Gasteiger partial charge in [-0.25, -0.2) is 9.59 Å². The van der Waals surface area contributed by atoms with E-state index < -0.39 is 11.9 Å². The first-order chi connectivity index (χ1) is 15.5. The van der Waals surface area contributed by atoms with E-state index >= 15 is 0 Å². The predicted molar refractivity (Wildman–Crippen MR) is 126 cm³/mol. The van der Waals surface area contributed by atoms with Gasteiger partial charge in [-0.05, 0) is 48.5 Å². The Morgan fingerprint density at radius 3 is 1.12 bits per heavy atom. The molecule has 0 amide bonds. The van der Waals surface area contributed by atoms with E-state index in [1.165, 1.54) is 0 Å². The third-order valence-corrected chi connectivity index (χ3v) is 4.42. The van der Waals surface area contributed by atoms with Gasteiger partial charge in [0.15, 0.2) is 0 Å². The Bertz CT molecular complexity index is 1080. The van der Waals surface area contributed by atoms with Gasteiger partial charge in [0.1, 0.15) is 0 Å². The molecule has 0 atom stereocenters. The number of nitrogens with one attached hydrogen (secondary N) is 2. The molecule has 6 heteroatoms. The molecule has 6 nitrogen and oxygen atoms in total.